The zero-order valence-corrected chi connectivity index (χ0v) is 26.5. The van der Waals surface area contributed by atoms with Crippen LogP contribution in [0.1, 0.15) is 0 Å². The van der Waals surface area contributed by atoms with E-state index in [1.54, 1.807) is 0 Å². The number of para-hydroxylation sites is 2. The molecule has 0 saturated carbocycles. The van der Waals surface area contributed by atoms with Crippen molar-refractivity contribution >= 4 is 71.8 Å². The number of aromatic nitrogens is 2. The van der Waals surface area contributed by atoms with Gasteiger partial charge in [0.25, 0.3) is 0 Å². The van der Waals surface area contributed by atoms with Crippen LogP contribution in [0.3, 0.4) is 0 Å². The Labute approximate surface area is 282 Å². The summed E-state index contributed by atoms with van der Waals surface area (Å²) in [6.07, 6.45) is 0. The first-order chi connectivity index (χ1) is 24.3. The van der Waals surface area contributed by atoms with E-state index < -0.39 is 0 Å². The highest BCUT2D eigenvalue weighted by molar-refractivity contribution is 6.11. The molecule has 10 aromatic rings. The van der Waals surface area contributed by atoms with Gasteiger partial charge in [-0.05, 0) is 88.6 Å². The summed E-state index contributed by atoms with van der Waals surface area (Å²) < 4.78 is 8.70. The van der Waals surface area contributed by atoms with Gasteiger partial charge in [0.15, 0.2) is 5.58 Å². The van der Waals surface area contributed by atoms with E-state index in [2.05, 4.69) is 179 Å². The Bertz CT molecular complexity index is 2820. The average Bonchev–Trinajstić information content (AvgIpc) is 3.69. The topological polar surface area (TPSA) is 34.2 Å². The molecule has 7 aromatic carbocycles. The van der Waals surface area contributed by atoms with Gasteiger partial charge in [-0.3, -0.25) is 4.90 Å². The lowest BCUT2D eigenvalue weighted by molar-refractivity contribution is 0.668. The van der Waals surface area contributed by atoms with Crippen LogP contribution in [0.5, 0.6) is 0 Å². The Morgan fingerprint density at radius 1 is 0.449 bits per heavy atom. The van der Waals surface area contributed by atoms with Crippen LogP contribution in [0, 0.1) is 0 Å². The average molecular weight is 628 g/mol. The molecule has 0 saturated heterocycles. The summed E-state index contributed by atoms with van der Waals surface area (Å²) in [7, 11) is 0. The van der Waals surface area contributed by atoms with E-state index in [1.165, 1.54) is 27.4 Å². The summed E-state index contributed by atoms with van der Waals surface area (Å²) in [4.78, 5) is 7.58. The molecule has 3 aromatic heterocycles. The molecule has 0 aliphatic rings. The van der Waals surface area contributed by atoms with Gasteiger partial charge in [0, 0.05) is 33.2 Å². The molecule has 0 fully saturated rings. The molecule has 49 heavy (non-hydrogen) atoms. The molecule has 0 bridgehead atoms. The van der Waals surface area contributed by atoms with E-state index in [0.29, 0.717) is 0 Å². The van der Waals surface area contributed by atoms with Gasteiger partial charge in [-0.25, -0.2) is 4.98 Å². The van der Waals surface area contributed by atoms with Crippen molar-refractivity contribution in [2.75, 3.05) is 4.90 Å². The molecule has 4 nitrogen and oxygen atoms in total. The highest BCUT2D eigenvalue weighted by atomic mass is 16.3. The number of anilines is 3. The predicted octanol–water partition coefficient (Wildman–Crippen LogP) is 12.4. The largest absolute Gasteiger partial charge is 0.454 e. The molecule has 0 aliphatic carbocycles. The highest BCUT2D eigenvalue weighted by Crippen LogP contribution is 2.41. The molecule has 0 spiro atoms. The molecular weight excluding hydrogens is 599 g/mol. The van der Waals surface area contributed by atoms with Crippen molar-refractivity contribution in [1.29, 1.82) is 0 Å². The monoisotopic (exact) mass is 627 g/mol. The van der Waals surface area contributed by atoms with Gasteiger partial charge < -0.3 is 8.98 Å². The third kappa shape index (κ3) is 4.49. The zero-order chi connectivity index (χ0) is 32.3. The van der Waals surface area contributed by atoms with Gasteiger partial charge >= 0.3 is 0 Å². The molecule has 10 rings (SSSR count). The molecule has 0 unspecified atom stereocenters. The second-order valence-corrected chi connectivity index (χ2v) is 12.5. The summed E-state index contributed by atoms with van der Waals surface area (Å²) >= 11 is 0. The summed E-state index contributed by atoms with van der Waals surface area (Å²) in [5.41, 5.74) is 10.3. The van der Waals surface area contributed by atoms with Gasteiger partial charge in [0.1, 0.15) is 16.9 Å². The minimum Gasteiger partial charge on any atom is -0.454 e. The van der Waals surface area contributed by atoms with Crippen molar-refractivity contribution in [3.05, 3.63) is 176 Å². The summed E-state index contributed by atoms with van der Waals surface area (Å²) in [6, 6.07) is 62.0. The van der Waals surface area contributed by atoms with Crippen LogP contribution in [0.15, 0.2) is 180 Å². The fourth-order valence-electron chi connectivity index (χ4n) is 7.24. The second-order valence-electron chi connectivity index (χ2n) is 12.5. The zero-order valence-electron chi connectivity index (χ0n) is 26.5. The van der Waals surface area contributed by atoms with Gasteiger partial charge in [-0.2, -0.15) is 0 Å². The van der Waals surface area contributed by atoms with E-state index >= 15 is 0 Å². The minimum atomic E-state index is 0.771. The third-order valence-electron chi connectivity index (χ3n) is 9.56. The quantitative estimate of drug-likeness (QED) is 0.190. The van der Waals surface area contributed by atoms with Gasteiger partial charge in [0.2, 0.25) is 0 Å². The lowest BCUT2D eigenvalue weighted by atomic mass is 10.0. The standard InChI is InChI=1S/C45H29N3O/c1-3-11-30(12-4-1)31-19-21-35(22-20-31)47(44-26-25-42-45(46-44)39-27-32-13-7-8-14-33(32)28-43(39)49-42)36-23-24-38-37-17-9-10-18-40(37)48(41(38)29-36)34-15-5-2-6-16-34/h1-29H. The molecule has 0 amide bonds. The SMILES string of the molecule is c1ccc(-c2ccc(N(c3ccc4c5ccccc5n(-c5ccccc5)c4c3)c3ccc4oc5cc6ccccc6cc5c4n3)cc2)cc1. The Morgan fingerprint density at radius 2 is 1.10 bits per heavy atom. The van der Waals surface area contributed by atoms with E-state index in [9.17, 15) is 0 Å². The van der Waals surface area contributed by atoms with Crippen molar-refractivity contribution < 1.29 is 4.42 Å². The first-order valence-electron chi connectivity index (χ1n) is 16.5. The number of rotatable bonds is 5. The van der Waals surface area contributed by atoms with Crippen molar-refractivity contribution in [3.8, 4) is 16.8 Å². The van der Waals surface area contributed by atoms with Gasteiger partial charge in [0.05, 0.1) is 11.0 Å². The van der Waals surface area contributed by atoms with Crippen LogP contribution in [0.4, 0.5) is 17.2 Å². The molecule has 0 N–H and O–H groups in total. The van der Waals surface area contributed by atoms with Crippen molar-refractivity contribution in [1.82, 2.24) is 9.55 Å². The maximum atomic E-state index is 6.34. The van der Waals surface area contributed by atoms with Crippen LogP contribution in [-0.2, 0) is 0 Å². The number of benzene rings is 7. The Kier molecular flexibility index (Phi) is 6.15. The minimum absolute atomic E-state index is 0.771. The maximum Gasteiger partial charge on any atom is 0.154 e. The van der Waals surface area contributed by atoms with Crippen molar-refractivity contribution in [3.63, 3.8) is 0 Å². The summed E-state index contributed by atoms with van der Waals surface area (Å²) in [5, 5.41) is 5.76. The highest BCUT2D eigenvalue weighted by Gasteiger charge is 2.20. The molecular formula is C45H29N3O. The molecule has 0 atom stereocenters. The summed E-state index contributed by atoms with van der Waals surface area (Å²) in [6.45, 7) is 0. The third-order valence-corrected chi connectivity index (χ3v) is 9.56. The predicted molar refractivity (Wildman–Crippen MR) is 203 cm³/mol. The number of nitrogens with zero attached hydrogens (tertiary/aromatic N) is 3. The number of fused-ring (bicyclic) bond motifs is 7. The number of hydrogen-bond donors (Lipinski definition) is 0. The molecule has 3 heterocycles. The fraction of sp³-hybridized carbons (Fsp3) is 0. The van der Waals surface area contributed by atoms with E-state index in [-0.39, 0.29) is 0 Å². The smallest absolute Gasteiger partial charge is 0.154 e. The first-order valence-corrected chi connectivity index (χ1v) is 16.5. The Hall–Kier alpha value is -6.65. The van der Waals surface area contributed by atoms with Crippen LogP contribution < -0.4 is 4.90 Å². The lowest BCUT2D eigenvalue weighted by Crippen LogP contribution is -2.11. The fourth-order valence-corrected chi connectivity index (χ4v) is 7.24. The van der Waals surface area contributed by atoms with Crippen LogP contribution in [0.25, 0.3) is 71.5 Å². The van der Waals surface area contributed by atoms with Gasteiger partial charge in [-0.1, -0.05) is 109 Å². The summed E-state index contributed by atoms with van der Waals surface area (Å²) in [5.74, 6) is 0.817. The first kappa shape index (κ1) is 27.5. The Balaban J connectivity index is 1.20. The maximum absolute atomic E-state index is 6.34. The molecule has 230 valence electrons. The van der Waals surface area contributed by atoms with Crippen LogP contribution in [-0.4, -0.2) is 9.55 Å². The number of hydrogen-bond acceptors (Lipinski definition) is 3. The van der Waals surface area contributed by atoms with Crippen molar-refractivity contribution in [2.45, 2.75) is 0 Å². The number of pyridine rings is 1. The lowest BCUT2D eigenvalue weighted by Gasteiger charge is -2.25. The van der Waals surface area contributed by atoms with Crippen molar-refractivity contribution in [2.24, 2.45) is 0 Å². The molecule has 0 radical (unpaired) electrons. The number of furan rings is 1. The van der Waals surface area contributed by atoms with Crippen LogP contribution in [0.2, 0.25) is 0 Å². The van der Waals surface area contributed by atoms with E-state index in [1.807, 2.05) is 6.07 Å². The van der Waals surface area contributed by atoms with Crippen LogP contribution >= 0.6 is 0 Å². The van der Waals surface area contributed by atoms with E-state index in [4.69, 9.17) is 9.40 Å². The Morgan fingerprint density at radius 3 is 1.92 bits per heavy atom. The second kappa shape index (κ2) is 11.0. The molecule has 0 aliphatic heterocycles. The molecule has 4 heteroatoms. The van der Waals surface area contributed by atoms with Gasteiger partial charge in [-0.15, -0.1) is 0 Å². The van der Waals surface area contributed by atoms with E-state index in [0.717, 1.165) is 61.2 Å². The normalized spacial score (nSPS) is 11.7.